The molecule has 0 aromatic heterocycles. The van der Waals surface area contributed by atoms with E-state index in [4.69, 9.17) is 9.47 Å². The Bertz CT molecular complexity index is 178. The molecular weight excluding hydrogens is 144 g/mol. The third-order valence-electron chi connectivity index (χ3n) is 2.29. The first kappa shape index (κ1) is 7.10. The molecular formula is C8H12O3. The number of hydrogen-bond donors (Lipinski definition) is 0. The van der Waals surface area contributed by atoms with Crippen molar-refractivity contribution in [2.75, 3.05) is 0 Å². The van der Waals surface area contributed by atoms with Gasteiger partial charge in [0.2, 0.25) is 0 Å². The molecule has 1 aliphatic heterocycles. The van der Waals surface area contributed by atoms with Crippen LogP contribution in [-0.2, 0) is 14.3 Å². The quantitative estimate of drug-likeness (QED) is 0.417. The van der Waals surface area contributed by atoms with Crippen LogP contribution in [0.5, 0.6) is 0 Å². The summed E-state index contributed by atoms with van der Waals surface area (Å²) >= 11 is 0. The van der Waals surface area contributed by atoms with Crippen LogP contribution >= 0.6 is 0 Å². The second-order valence-electron chi connectivity index (χ2n) is 3.26. The van der Waals surface area contributed by atoms with Gasteiger partial charge in [0.1, 0.15) is 6.10 Å². The van der Waals surface area contributed by atoms with Crippen LogP contribution in [0, 0.1) is 0 Å². The Kier molecular flexibility index (Phi) is 1.60. The van der Waals surface area contributed by atoms with Gasteiger partial charge in [0, 0.05) is 13.3 Å². The molecule has 1 heterocycles. The highest BCUT2D eigenvalue weighted by atomic mass is 16.6. The van der Waals surface area contributed by atoms with E-state index < -0.39 is 0 Å². The maximum Gasteiger partial charge on any atom is 0.302 e. The molecule has 0 bridgehead atoms. The van der Waals surface area contributed by atoms with Gasteiger partial charge in [0.05, 0.1) is 12.2 Å². The van der Waals surface area contributed by atoms with Crippen molar-refractivity contribution >= 4 is 5.97 Å². The molecule has 0 amide bonds. The molecule has 1 saturated heterocycles. The standard InChI is InChI=1S/C8H12O3/c1-5(9)10-6-2-3-7-8(4-6)11-7/h6-8H,2-4H2,1H3. The van der Waals surface area contributed by atoms with Gasteiger partial charge in [-0.15, -0.1) is 0 Å². The fourth-order valence-electron chi connectivity index (χ4n) is 1.71. The van der Waals surface area contributed by atoms with Gasteiger partial charge in [-0.3, -0.25) is 4.79 Å². The van der Waals surface area contributed by atoms with Crippen LogP contribution in [0.4, 0.5) is 0 Å². The Hall–Kier alpha value is -0.570. The maximum absolute atomic E-state index is 10.6. The van der Waals surface area contributed by atoms with Gasteiger partial charge in [0.25, 0.3) is 0 Å². The fourth-order valence-corrected chi connectivity index (χ4v) is 1.71. The summed E-state index contributed by atoms with van der Waals surface area (Å²) in [6.45, 7) is 1.46. The number of carbonyl (C=O) groups excluding carboxylic acids is 1. The smallest absolute Gasteiger partial charge is 0.302 e. The van der Waals surface area contributed by atoms with Gasteiger partial charge in [-0.2, -0.15) is 0 Å². The van der Waals surface area contributed by atoms with Crippen molar-refractivity contribution < 1.29 is 14.3 Å². The van der Waals surface area contributed by atoms with E-state index in [-0.39, 0.29) is 12.1 Å². The van der Waals surface area contributed by atoms with Crippen LogP contribution in [-0.4, -0.2) is 24.3 Å². The molecule has 0 radical (unpaired) electrons. The van der Waals surface area contributed by atoms with Crippen molar-refractivity contribution in [3.63, 3.8) is 0 Å². The number of fused-ring (bicyclic) bond motifs is 1. The van der Waals surface area contributed by atoms with Crippen molar-refractivity contribution in [1.29, 1.82) is 0 Å². The van der Waals surface area contributed by atoms with Crippen molar-refractivity contribution in [2.45, 2.75) is 44.5 Å². The van der Waals surface area contributed by atoms with E-state index in [1.54, 1.807) is 0 Å². The van der Waals surface area contributed by atoms with Gasteiger partial charge < -0.3 is 9.47 Å². The molecule has 0 aromatic rings. The van der Waals surface area contributed by atoms with Crippen LogP contribution < -0.4 is 0 Å². The topological polar surface area (TPSA) is 38.8 Å². The lowest BCUT2D eigenvalue weighted by Crippen LogP contribution is -2.23. The molecule has 0 aromatic carbocycles. The molecule has 1 aliphatic carbocycles. The van der Waals surface area contributed by atoms with Crippen LogP contribution in [0.1, 0.15) is 26.2 Å². The average Bonchev–Trinajstić information content (AvgIpc) is 2.63. The lowest BCUT2D eigenvalue weighted by Gasteiger charge is -2.18. The van der Waals surface area contributed by atoms with Crippen LogP contribution in [0.3, 0.4) is 0 Å². The molecule has 62 valence electrons. The van der Waals surface area contributed by atoms with E-state index in [2.05, 4.69) is 0 Å². The van der Waals surface area contributed by atoms with E-state index >= 15 is 0 Å². The first-order valence-corrected chi connectivity index (χ1v) is 4.08. The van der Waals surface area contributed by atoms with E-state index in [9.17, 15) is 4.79 Å². The van der Waals surface area contributed by atoms with Crippen molar-refractivity contribution in [3.05, 3.63) is 0 Å². The van der Waals surface area contributed by atoms with Crippen molar-refractivity contribution in [3.8, 4) is 0 Å². The minimum absolute atomic E-state index is 0.122. The summed E-state index contributed by atoms with van der Waals surface area (Å²) in [5, 5.41) is 0. The molecule has 2 rings (SSSR count). The fraction of sp³-hybridized carbons (Fsp3) is 0.875. The molecule has 3 atom stereocenters. The molecule has 2 fully saturated rings. The largest absolute Gasteiger partial charge is 0.462 e. The Morgan fingerprint density at radius 2 is 2.27 bits per heavy atom. The van der Waals surface area contributed by atoms with Gasteiger partial charge in [0.15, 0.2) is 0 Å². The number of carbonyl (C=O) groups is 1. The summed E-state index contributed by atoms with van der Waals surface area (Å²) in [4.78, 5) is 10.6. The number of rotatable bonds is 1. The average molecular weight is 156 g/mol. The monoisotopic (exact) mass is 156 g/mol. The van der Waals surface area contributed by atoms with Crippen LogP contribution in [0.15, 0.2) is 0 Å². The lowest BCUT2D eigenvalue weighted by molar-refractivity contribution is -0.147. The predicted molar refractivity (Wildman–Crippen MR) is 38.1 cm³/mol. The zero-order valence-corrected chi connectivity index (χ0v) is 6.58. The first-order valence-electron chi connectivity index (χ1n) is 4.08. The van der Waals surface area contributed by atoms with E-state index in [0.29, 0.717) is 12.2 Å². The van der Waals surface area contributed by atoms with Crippen molar-refractivity contribution in [2.24, 2.45) is 0 Å². The van der Waals surface area contributed by atoms with Gasteiger partial charge in [-0.05, 0) is 12.8 Å². The van der Waals surface area contributed by atoms with Crippen LogP contribution in [0.2, 0.25) is 0 Å². The van der Waals surface area contributed by atoms with Crippen LogP contribution in [0.25, 0.3) is 0 Å². The summed E-state index contributed by atoms with van der Waals surface area (Å²) in [7, 11) is 0. The lowest BCUT2D eigenvalue weighted by atomic mass is 9.98. The van der Waals surface area contributed by atoms with E-state index in [1.807, 2.05) is 0 Å². The Balaban J connectivity index is 1.81. The Labute approximate surface area is 65.7 Å². The third-order valence-corrected chi connectivity index (χ3v) is 2.29. The number of ether oxygens (including phenoxy) is 2. The van der Waals surface area contributed by atoms with E-state index in [1.165, 1.54) is 6.92 Å². The molecule has 11 heavy (non-hydrogen) atoms. The molecule has 0 N–H and O–H groups in total. The molecule has 3 heteroatoms. The second kappa shape index (κ2) is 2.48. The Morgan fingerprint density at radius 3 is 2.91 bits per heavy atom. The summed E-state index contributed by atoms with van der Waals surface area (Å²) in [5.41, 5.74) is 0. The van der Waals surface area contributed by atoms with Gasteiger partial charge >= 0.3 is 5.97 Å². The zero-order chi connectivity index (χ0) is 7.84. The summed E-state index contributed by atoms with van der Waals surface area (Å²) < 4.78 is 10.4. The molecule has 3 nitrogen and oxygen atoms in total. The maximum atomic E-state index is 10.6. The van der Waals surface area contributed by atoms with E-state index in [0.717, 1.165) is 19.3 Å². The van der Waals surface area contributed by atoms with Crippen molar-refractivity contribution in [1.82, 2.24) is 0 Å². The van der Waals surface area contributed by atoms with Gasteiger partial charge in [-0.1, -0.05) is 0 Å². The zero-order valence-electron chi connectivity index (χ0n) is 6.58. The highest BCUT2D eigenvalue weighted by Gasteiger charge is 2.44. The second-order valence-corrected chi connectivity index (χ2v) is 3.26. The predicted octanol–water partition coefficient (Wildman–Crippen LogP) is 0.869. The third kappa shape index (κ3) is 1.53. The SMILES string of the molecule is CC(=O)OC1CCC2OC2C1. The first-order chi connectivity index (χ1) is 5.25. The Morgan fingerprint density at radius 1 is 1.45 bits per heavy atom. The normalized spacial score (nSPS) is 41.0. The molecule has 2 aliphatic rings. The molecule has 1 saturated carbocycles. The highest BCUT2D eigenvalue weighted by Crippen LogP contribution is 2.37. The van der Waals surface area contributed by atoms with Gasteiger partial charge in [-0.25, -0.2) is 0 Å². The summed E-state index contributed by atoms with van der Waals surface area (Å²) in [5.74, 6) is -0.172. The highest BCUT2D eigenvalue weighted by molar-refractivity contribution is 5.66. The molecule has 3 unspecified atom stereocenters. The number of epoxide rings is 1. The minimum Gasteiger partial charge on any atom is -0.462 e. The number of hydrogen-bond acceptors (Lipinski definition) is 3. The molecule has 0 spiro atoms. The number of esters is 1. The summed E-state index contributed by atoms with van der Waals surface area (Å²) in [6, 6.07) is 0. The minimum atomic E-state index is -0.172. The summed E-state index contributed by atoms with van der Waals surface area (Å²) in [6.07, 6.45) is 3.94.